The fraction of sp³-hybridized carbons (Fsp3) is 0.429. The van der Waals surface area contributed by atoms with Crippen LogP contribution >= 0.6 is 0 Å². The number of para-hydroxylation sites is 1. The molecule has 0 aliphatic carbocycles. The van der Waals surface area contributed by atoms with Crippen LogP contribution in [0, 0.1) is 0 Å². The van der Waals surface area contributed by atoms with Gasteiger partial charge in [0.2, 0.25) is 5.91 Å². The molecule has 2 heterocycles. The van der Waals surface area contributed by atoms with E-state index in [1.807, 2.05) is 36.4 Å². The molecule has 1 atom stereocenters. The molecule has 5 heteroatoms. The molecule has 2 aromatic rings. The van der Waals surface area contributed by atoms with Crippen molar-refractivity contribution in [3.63, 3.8) is 0 Å². The van der Waals surface area contributed by atoms with Gasteiger partial charge in [-0.3, -0.25) is 9.78 Å². The van der Waals surface area contributed by atoms with Crippen LogP contribution in [0.1, 0.15) is 36.8 Å². The Labute approximate surface area is 154 Å². The van der Waals surface area contributed by atoms with E-state index in [0.29, 0.717) is 31.7 Å². The van der Waals surface area contributed by atoms with Gasteiger partial charge in [-0.2, -0.15) is 0 Å². The Morgan fingerprint density at radius 3 is 2.81 bits per heavy atom. The Hall–Kier alpha value is -2.40. The number of rotatable bonds is 6. The van der Waals surface area contributed by atoms with Gasteiger partial charge < -0.3 is 14.7 Å². The fourth-order valence-electron chi connectivity index (χ4n) is 3.65. The number of aliphatic hydroxyl groups is 1. The molecule has 1 saturated heterocycles. The van der Waals surface area contributed by atoms with E-state index in [1.54, 1.807) is 24.4 Å². The second-order valence-corrected chi connectivity index (χ2v) is 6.86. The standard InChI is InChI=1S/C21H26N2O3/c1-26-19-8-3-2-7-18(19)21(25)12-5-15-23(16-21)20(24)9-4-6-17-10-13-22-14-11-17/h2-3,7-8,10-11,13-14,25H,4-6,9,12,15-16H2,1H3/t21-/m1/s1. The van der Waals surface area contributed by atoms with Gasteiger partial charge in [0.1, 0.15) is 11.4 Å². The molecule has 0 bridgehead atoms. The lowest BCUT2D eigenvalue weighted by Crippen LogP contribution is -2.48. The molecule has 0 radical (unpaired) electrons. The Kier molecular flexibility index (Phi) is 5.89. The molecule has 3 rings (SSSR count). The lowest BCUT2D eigenvalue weighted by Gasteiger charge is -2.40. The Bertz CT molecular complexity index is 735. The summed E-state index contributed by atoms with van der Waals surface area (Å²) in [4.78, 5) is 18.4. The highest BCUT2D eigenvalue weighted by atomic mass is 16.5. The lowest BCUT2D eigenvalue weighted by molar-refractivity contribution is -0.139. The number of amides is 1. The Morgan fingerprint density at radius 1 is 1.27 bits per heavy atom. The number of hydrogen-bond donors (Lipinski definition) is 1. The number of piperidine rings is 1. The second-order valence-electron chi connectivity index (χ2n) is 6.86. The summed E-state index contributed by atoms with van der Waals surface area (Å²) in [6.45, 7) is 1.02. The van der Waals surface area contributed by atoms with Crippen molar-refractivity contribution < 1.29 is 14.6 Å². The Balaban J connectivity index is 1.61. The third kappa shape index (κ3) is 4.22. The summed E-state index contributed by atoms with van der Waals surface area (Å²) < 4.78 is 5.40. The minimum absolute atomic E-state index is 0.104. The van der Waals surface area contributed by atoms with E-state index in [2.05, 4.69) is 4.98 Å². The van der Waals surface area contributed by atoms with Gasteiger partial charge in [-0.1, -0.05) is 18.2 Å². The number of hydrogen-bond acceptors (Lipinski definition) is 4. The number of ether oxygens (including phenoxy) is 1. The van der Waals surface area contributed by atoms with E-state index >= 15 is 0 Å². The largest absolute Gasteiger partial charge is 0.496 e. The molecule has 1 amide bonds. The third-order valence-corrected chi connectivity index (χ3v) is 5.04. The normalized spacial score (nSPS) is 20.0. The van der Waals surface area contributed by atoms with E-state index in [4.69, 9.17) is 4.74 Å². The zero-order chi connectivity index (χ0) is 18.4. The molecule has 26 heavy (non-hydrogen) atoms. The number of benzene rings is 1. The summed E-state index contributed by atoms with van der Waals surface area (Å²) in [5.74, 6) is 0.772. The van der Waals surface area contributed by atoms with Crippen molar-refractivity contribution in [3.8, 4) is 5.75 Å². The molecular formula is C21H26N2O3. The summed E-state index contributed by atoms with van der Waals surface area (Å²) in [5, 5.41) is 11.2. The summed E-state index contributed by atoms with van der Waals surface area (Å²) in [5.41, 5.74) is 0.903. The van der Waals surface area contributed by atoms with Gasteiger partial charge in [-0.25, -0.2) is 0 Å². The first kappa shape index (κ1) is 18.4. The third-order valence-electron chi connectivity index (χ3n) is 5.04. The van der Waals surface area contributed by atoms with E-state index in [9.17, 15) is 9.90 Å². The van der Waals surface area contributed by atoms with Crippen molar-refractivity contribution in [2.45, 2.75) is 37.7 Å². The molecule has 0 unspecified atom stereocenters. The van der Waals surface area contributed by atoms with Crippen LogP contribution in [0.15, 0.2) is 48.8 Å². The first-order valence-electron chi connectivity index (χ1n) is 9.15. The van der Waals surface area contributed by atoms with Crippen molar-refractivity contribution in [1.82, 2.24) is 9.88 Å². The molecule has 1 aliphatic rings. The molecule has 1 aromatic heterocycles. The first-order valence-corrected chi connectivity index (χ1v) is 9.15. The number of methoxy groups -OCH3 is 1. The summed E-state index contributed by atoms with van der Waals surface area (Å²) in [7, 11) is 1.60. The average molecular weight is 354 g/mol. The van der Waals surface area contributed by atoms with Crippen LogP contribution in [-0.4, -0.2) is 41.1 Å². The van der Waals surface area contributed by atoms with Crippen LogP contribution in [0.2, 0.25) is 0 Å². The number of likely N-dealkylation sites (tertiary alicyclic amines) is 1. The molecule has 5 nitrogen and oxygen atoms in total. The zero-order valence-electron chi connectivity index (χ0n) is 15.2. The van der Waals surface area contributed by atoms with E-state index in [1.165, 1.54) is 5.56 Å². The monoisotopic (exact) mass is 354 g/mol. The van der Waals surface area contributed by atoms with Gasteiger partial charge in [-0.05, 0) is 49.4 Å². The highest BCUT2D eigenvalue weighted by Gasteiger charge is 2.38. The lowest BCUT2D eigenvalue weighted by atomic mass is 9.85. The maximum atomic E-state index is 12.6. The summed E-state index contributed by atoms with van der Waals surface area (Å²) in [6.07, 6.45) is 7.11. The van der Waals surface area contributed by atoms with Crippen molar-refractivity contribution in [2.24, 2.45) is 0 Å². The molecular weight excluding hydrogens is 328 g/mol. The van der Waals surface area contributed by atoms with E-state index in [0.717, 1.165) is 24.8 Å². The zero-order valence-corrected chi connectivity index (χ0v) is 15.2. The molecule has 138 valence electrons. The number of aromatic nitrogens is 1. The quantitative estimate of drug-likeness (QED) is 0.866. The van der Waals surface area contributed by atoms with Crippen LogP contribution < -0.4 is 4.74 Å². The highest BCUT2D eigenvalue weighted by Crippen LogP contribution is 2.37. The summed E-state index contributed by atoms with van der Waals surface area (Å²) in [6, 6.07) is 11.5. The van der Waals surface area contributed by atoms with E-state index in [-0.39, 0.29) is 5.91 Å². The molecule has 1 aliphatic heterocycles. The highest BCUT2D eigenvalue weighted by molar-refractivity contribution is 5.76. The fourth-order valence-corrected chi connectivity index (χ4v) is 3.65. The number of carbonyl (C=O) groups is 1. The van der Waals surface area contributed by atoms with Crippen LogP contribution in [0.25, 0.3) is 0 Å². The smallest absolute Gasteiger partial charge is 0.222 e. The topological polar surface area (TPSA) is 62.7 Å². The predicted molar refractivity (Wildman–Crippen MR) is 99.9 cm³/mol. The molecule has 0 saturated carbocycles. The van der Waals surface area contributed by atoms with Gasteiger partial charge in [0.25, 0.3) is 0 Å². The number of β-amino-alcohol motifs (C(OH)–C–C–N with tert-alkyl or cyclic N) is 1. The second kappa shape index (κ2) is 8.32. The van der Waals surface area contributed by atoms with Gasteiger partial charge in [0, 0.05) is 30.9 Å². The number of nitrogens with zero attached hydrogens (tertiary/aromatic N) is 2. The van der Waals surface area contributed by atoms with Gasteiger partial charge in [0.05, 0.1) is 13.7 Å². The maximum absolute atomic E-state index is 12.6. The maximum Gasteiger partial charge on any atom is 0.222 e. The molecule has 1 fully saturated rings. The van der Waals surface area contributed by atoms with Crippen LogP contribution in [0.3, 0.4) is 0 Å². The van der Waals surface area contributed by atoms with Crippen LogP contribution in [0.4, 0.5) is 0 Å². The predicted octanol–water partition coefficient (Wildman–Crippen LogP) is 2.92. The van der Waals surface area contributed by atoms with Crippen LogP contribution in [-0.2, 0) is 16.8 Å². The molecule has 1 N–H and O–H groups in total. The van der Waals surface area contributed by atoms with Gasteiger partial charge in [-0.15, -0.1) is 0 Å². The van der Waals surface area contributed by atoms with Crippen molar-refractivity contribution in [3.05, 3.63) is 59.9 Å². The van der Waals surface area contributed by atoms with Gasteiger partial charge >= 0.3 is 0 Å². The molecule has 0 spiro atoms. The SMILES string of the molecule is COc1ccccc1[C@@]1(O)CCCN(C(=O)CCCc2ccncc2)C1. The van der Waals surface area contributed by atoms with Crippen molar-refractivity contribution >= 4 is 5.91 Å². The first-order chi connectivity index (χ1) is 12.6. The minimum Gasteiger partial charge on any atom is -0.496 e. The van der Waals surface area contributed by atoms with Gasteiger partial charge in [0.15, 0.2) is 0 Å². The average Bonchev–Trinajstić information content (AvgIpc) is 2.68. The Morgan fingerprint density at radius 2 is 2.04 bits per heavy atom. The van der Waals surface area contributed by atoms with Crippen molar-refractivity contribution in [1.29, 1.82) is 0 Å². The van der Waals surface area contributed by atoms with E-state index < -0.39 is 5.60 Å². The number of carbonyl (C=O) groups excluding carboxylic acids is 1. The molecule has 1 aromatic carbocycles. The number of aryl methyl sites for hydroxylation is 1. The summed E-state index contributed by atoms with van der Waals surface area (Å²) >= 11 is 0. The van der Waals surface area contributed by atoms with Crippen LogP contribution in [0.5, 0.6) is 5.75 Å². The number of pyridine rings is 1. The minimum atomic E-state index is -1.05. The van der Waals surface area contributed by atoms with Crippen molar-refractivity contribution in [2.75, 3.05) is 20.2 Å².